The van der Waals surface area contributed by atoms with Crippen LogP contribution in [0.2, 0.25) is 0 Å². The van der Waals surface area contributed by atoms with Gasteiger partial charge in [-0.3, -0.25) is 4.99 Å². The number of rotatable bonds is 8. The minimum atomic E-state index is -0.219. The highest BCUT2D eigenvalue weighted by Gasteiger charge is 2.23. The summed E-state index contributed by atoms with van der Waals surface area (Å²) in [6, 6.07) is 10.9. The number of guanidine groups is 1. The highest BCUT2D eigenvalue weighted by Crippen LogP contribution is 2.11. The number of piperidine rings is 1. The summed E-state index contributed by atoms with van der Waals surface area (Å²) in [5.41, 5.74) is 7.38. The van der Waals surface area contributed by atoms with Crippen molar-refractivity contribution in [2.24, 2.45) is 10.7 Å². The standard InChI is InChI=1S/C20H32N4O2.HI/c1-2-26-20(25)24-15-12-18(13-16-24)23-19(21)22-14-8-4-7-11-17-9-5-3-6-10-17;/h3,5-6,9-10,18H,2,4,7-8,11-16H2,1H3,(H3,21,22,23);1H. The number of hydrogen-bond donors (Lipinski definition) is 2. The van der Waals surface area contributed by atoms with E-state index in [1.165, 1.54) is 12.0 Å². The summed E-state index contributed by atoms with van der Waals surface area (Å²) >= 11 is 0. The smallest absolute Gasteiger partial charge is 0.409 e. The van der Waals surface area contributed by atoms with Crippen LogP contribution in [0.5, 0.6) is 0 Å². The average Bonchev–Trinajstić information content (AvgIpc) is 2.66. The Balaban J connectivity index is 0.00000364. The van der Waals surface area contributed by atoms with E-state index in [0.29, 0.717) is 25.7 Å². The van der Waals surface area contributed by atoms with Crippen LogP contribution in [-0.2, 0) is 11.2 Å². The maximum atomic E-state index is 11.7. The first-order chi connectivity index (χ1) is 12.7. The van der Waals surface area contributed by atoms with Gasteiger partial charge in [0.05, 0.1) is 6.61 Å². The van der Waals surface area contributed by atoms with Gasteiger partial charge < -0.3 is 20.7 Å². The lowest BCUT2D eigenvalue weighted by atomic mass is 10.1. The van der Waals surface area contributed by atoms with Crippen LogP contribution < -0.4 is 11.1 Å². The molecule has 1 aliphatic heterocycles. The molecule has 1 aromatic rings. The highest BCUT2D eigenvalue weighted by atomic mass is 127. The van der Waals surface area contributed by atoms with Crippen molar-refractivity contribution in [2.45, 2.75) is 51.5 Å². The Morgan fingerprint density at radius 1 is 1.22 bits per heavy atom. The molecule has 1 amide bonds. The zero-order chi connectivity index (χ0) is 18.6. The number of unbranched alkanes of at least 4 members (excludes halogenated alkanes) is 2. The molecule has 0 spiro atoms. The maximum Gasteiger partial charge on any atom is 0.409 e. The van der Waals surface area contributed by atoms with Crippen molar-refractivity contribution in [2.75, 3.05) is 26.2 Å². The predicted molar refractivity (Wildman–Crippen MR) is 121 cm³/mol. The van der Waals surface area contributed by atoms with Crippen LogP contribution in [0.4, 0.5) is 4.79 Å². The molecule has 0 atom stereocenters. The summed E-state index contributed by atoms with van der Waals surface area (Å²) in [6.45, 7) is 4.40. The van der Waals surface area contributed by atoms with Crippen molar-refractivity contribution < 1.29 is 9.53 Å². The molecule has 0 bridgehead atoms. The number of hydrogen-bond acceptors (Lipinski definition) is 3. The molecule has 1 saturated heterocycles. The quantitative estimate of drug-likeness (QED) is 0.254. The topological polar surface area (TPSA) is 80.0 Å². The maximum absolute atomic E-state index is 11.7. The lowest BCUT2D eigenvalue weighted by molar-refractivity contribution is 0.0963. The Morgan fingerprint density at radius 3 is 2.59 bits per heavy atom. The van der Waals surface area contributed by atoms with Crippen LogP contribution >= 0.6 is 24.0 Å². The molecule has 0 radical (unpaired) electrons. The molecule has 3 N–H and O–H groups in total. The number of ether oxygens (including phenoxy) is 1. The van der Waals surface area contributed by atoms with Crippen molar-refractivity contribution in [3.63, 3.8) is 0 Å². The second kappa shape index (κ2) is 13.6. The monoisotopic (exact) mass is 488 g/mol. The number of nitrogens with one attached hydrogen (secondary N) is 1. The van der Waals surface area contributed by atoms with Crippen LogP contribution in [0.3, 0.4) is 0 Å². The predicted octanol–water partition coefficient (Wildman–Crippen LogP) is 3.54. The summed E-state index contributed by atoms with van der Waals surface area (Å²) in [6.07, 6.45) is 6.03. The number of carbonyl (C=O) groups is 1. The first-order valence-electron chi connectivity index (χ1n) is 9.71. The van der Waals surface area contributed by atoms with Crippen LogP contribution in [0.25, 0.3) is 0 Å². The molecule has 1 heterocycles. The minimum absolute atomic E-state index is 0. The van der Waals surface area contributed by atoms with Crippen LogP contribution in [0.15, 0.2) is 35.3 Å². The summed E-state index contributed by atoms with van der Waals surface area (Å²) in [7, 11) is 0. The molecule has 6 nitrogen and oxygen atoms in total. The number of carbonyl (C=O) groups excluding carboxylic acids is 1. The van der Waals surface area contributed by atoms with Crippen LogP contribution in [0.1, 0.15) is 44.6 Å². The zero-order valence-electron chi connectivity index (χ0n) is 16.2. The van der Waals surface area contributed by atoms with Gasteiger partial charge in [-0.2, -0.15) is 0 Å². The molecule has 0 aliphatic carbocycles. The summed E-state index contributed by atoms with van der Waals surface area (Å²) in [5.74, 6) is 0.516. The number of likely N-dealkylation sites (tertiary alicyclic amines) is 1. The fourth-order valence-corrected chi connectivity index (χ4v) is 3.14. The fraction of sp³-hybridized carbons (Fsp3) is 0.600. The zero-order valence-corrected chi connectivity index (χ0v) is 18.6. The van der Waals surface area contributed by atoms with Crippen molar-refractivity contribution in [3.05, 3.63) is 35.9 Å². The third-order valence-corrected chi connectivity index (χ3v) is 4.62. The summed E-state index contributed by atoms with van der Waals surface area (Å²) in [4.78, 5) is 17.9. The van der Waals surface area contributed by atoms with Crippen molar-refractivity contribution in [1.29, 1.82) is 0 Å². The van der Waals surface area contributed by atoms with Gasteiger partial charge in [0, 0.05) is 25.7 Å². The van der Waals surface area contributed by atoms with Gasteiger partial charge in [0.2, 0.25) is 0 Å². The molecule has 1 aromatic carbocycles. The van der Waals surface area contributed by atoms with Gasteiger partial charge >= 0.3 is 6.09 Å². The second-order valence-corrected chi connectivity index (χ2v) is 6.67. The number of aryl methyl sites for hydroxylation is 1. The van der Waals surface area contributed by atoms with Crippen molar-refractivity contribution in [1.82, 2.24) is 10.2 Å². The van der Waals surface area contributed by atoms with Gasteiger partial charge in [-0.05, 0) is 44.6 Å². The number of benzene rings is 1. The molecule has 0 saturated carbocycles. The molecular formula is C20H33IN4O2. The number of amides is 1. The molecule has 1 fully saturated rings. The average molecular weight is 488 g/mol. The molecule has 0 unspecified atom stereocenters. The van der Waals surface area contributed by atoms with Gasteiger partial charge in [0.1, 0.15) is 0 Å². The van der Waals surface area contributed by atoms with Gasteiger partial charge in [-0.1, -0.05) is 36.8 Å². The molecule has 27 heavy (non-hydrogen) atoms. The molecule has 7 heteroatoms. The third-order valence-electron chi connectivity index (χ3n) is 4.62. The molecule has 0 aromatic heterocycles. The van der Waals surface area contributed by atoms with E-state index in [4.69, 9.17) is 10.5 Å². The molecular weight excluding hydrogens is 455 g/mol. The van der Waals surface area contributed by atoms with E-state index in [-0.39, 0.29) is 36.1 Å². The first-order valence-corrected chi connectivity index (χ1v) is 9.71. The second-order valence-electron chi connectivity index (χ2n) is 6.67. The van der Waals surface area contributed by atoms with Crippen molar-refractivity contribution >= 4 is 36.0 Å². The third kappa shape index (κ3) is 9.30. The van der Waals surface area contributed by atoms with Crippen LogP contribution in [0, 0.1) is 0 Å². The number of halogens is 1. The van der Waals surface area contributed by atoms with Crippen molar-refractivity contribution in [3.8, 4) is 0 Å². The minimum Gasteiger partial charge on any atom is -0.450 e. The Bertz CT molecular complexity index is 560. The lowest BCUT2D eigenvalue weighted by Gasteiger charge is -2.31. The van der Waals surface area contributed by atoms with Gasteiger partial charge in [-0.25, -0.2) is 4.79 Å². The largest absolute Gasteiger partial charge is 0.450 e. The van der Waals surface area contributed by atoms with E-state index in [1.54, 1.807) is 4.90 Å². The van der Waals surface area contributed by atoms with E-state index in [9.17, 15) is 4.79 Å². The van der Waals surface area contributed by atoms with Gasteiger partial charge in [0.25, 0.3) is 0 Å². The lowest BCUT2D eigenvalue weighted by Crippen LogP contribution is -2.48. The molecule has 152 valence electrons. The van der Waals surface area contributed by atoms with Gasteiger partial charge in [0.15, 0.2) is 5.96 Å². The Kier molecular flexibility index (Phi) is 11.9. The normalized spacial score (nSPS) is 15.1. The van der Waals surface area contributed by atoms with E-state index in [1.807, 2.05) is 6.92 Å². The number of aliphatic imine (C=N–C) groups is 1. The first kappa shape index (κ1) is 23.5. The Morgan fingerprint density at radius 2 is 1.93 bits per heavy atom. The van der Waals surface area contributed by atoms with E-state index < -0.39 is 0 Å². The van der Waals surface area contributed by atoms with E-state index in [0.717, 1.165) is 38.6 Å². The molecule has 2 rings (SSSR count). The molecule has 1 aliphatic rings. The van der Waals surface area contributed by atoms with Crippen LogP contribution in [-0.4, -0.2) is 49.2 Å². The van der Waals surface area contributed by atoms with E-state index in [2.05, 4.69) is 40.6 Å². The summed E-state index contributed by atoms with van der Waals surface area (Å²) in [5, 5.41) is 3.28. The summed E-state index contributed by atoms with van der Waals surface area (Å²) < 4.78 is 5.03. The van der Waals surface area contributed by atoms with E-state index >= 15 is 0 Å². The fourth-order valence-electron chi connectivity index (χ4n) is 3.14. The number of nitrogens with zero attached hydrogens (tertiary/aromatic N) is 2. The highest BCUT2D eigenvalue weighted by molar-refractivity contribution is 14.0. The number of nitrogens with two attached hydrogens (primary N) is 1. The SMILES string of the molecule is CCOC(=O)N1CCC(NC(N)=NCCCCCc2ccccc2)CC1.I. The Hall–Kier alpha value is -1.51. The van der Waals surface area contributed by atoms with Gasteiger partial charge in [-0.15, -0.1) is 24.0 Å². The Labute approximate surface area is 179 Å².